The maximum atomic E-state index is 13.6. The summed E-state index contributed by atoms with van der Waals surface area (Å²) in [6.07, 6.45) is 2.56. The fraction of sp³-hybridized carbons (Fsp3) is 0.286. The van der Waals surface area contributed by atoms with Gasteiger partial charge in [-0.3, -0.25) is 4.90 Å². The minimum Gasteiger partial charge on any atom is -0.497 e. The van der Waals surface area contributed by atoms with Crippen molar-refractivity contribution in [3.8, 4) is 23.0 Å². The van der Waals surface area contributed by atoms with Crippen LogP contribution in [-0.2, 0) is 10.8 Å². The molecule has 0 bridgehead atoms. The largest absolute Gasteiger partial charge is 0.497 e. The third kappa shape index (κ3) is 5.06. The summed E-state index contributed by atoms with van der Waals surface area (Å²) >= 11 is 0. The van der Waals surface area contributed by atoms with E-state index in [0.29, 0.717) is 33.7 Å². The summed E-state index contributed by atoms with van der Waals surface area (Å²) in [6, 6.07) is 20.7. The minimum absolute atomic E-state index is 0.578. The SMILES string of the molecule is COc1ccc(C2=C(Oc3ccc(OCCN4CCCC4)cc3)c3ccc(OC)cc3S2=O)cc1. The maximum absolute atomic E-state index is 13.6. The van der Waals surface area contributed by atoms with Gasteiger partial charge in [0.2, 0.25) is 0 Å². The Kier molecular flexibility index (Phi) is 7.06. The van der Waals surface area contributed by atoms with Crippen molar-refractivity contribution in [1.29, 1.82) is 0 Å². The van der Waals surface area contributed by atoms with Crippen LogP contribution >= 0.6 is 0 Å². The van der Waals surface area contributed by atoms with Gasteiger partial charge in [-0.25, -0.2) is 4.21 Å². The average molecular weight is 492 g/mol. The van der Waals surface area contributed by atoms with E-state index in [4.69, 9.17) is 18.9 Å². The molecule has 182 valence electrons. The molecule has 3 aromatic rings. The zero-order chi connectivity index (χ0) is 24.2. The van der Waals surface area contributed by atoms with Crippen molar-refractivity contribution >= 4 is 21.5 Å². The summed E-state index contributed by atoms with van der Waals surface area (Å²) < 4.78 is 36.5. The summed E-state index contributed by atoms with van der Waals surface area (Å²) in [4.78, 5) is 3.73. The van der Waals surface area contributed by atoms with E-state index in [2.05, 4.69) is 4.90 Å². The van der Waals surface area contributed by atoms with Gasteiger partial charge in [0.25, 0.3) is 0 Å². The molecule has 2 aliphatic heterocycles. The number of methoxy groups -OCH3 is 2. The fourth-order valence-electron chi connectivity index (χ4n) is 4.39. The van der Waals surface area contributed by atoms with Crippen LogP contribution in [0.2, 0.25) is 0 Å². The number of benzene rings is 3. The lowest BCUT2D eigenvalue weighted by Crippen LogP contribution is -2.25. The summed E-state index contributed by atoms with van der Waals surface area (Å²) in [7, 11) is 1.81. The second-order valence-corrected chi connectivity index (χ2v) is 9.87. The molecule has 1 fully saturated rings. The molecular weight excluding hydrogens is 462 g/mol. The highest BCUT2D eigenvalue weighted by Gasteiger charge is 2.32. The van der Waals surface area contributed by atoms with Crippen LogP contribution in [-0.4, -0.2) is 49.6 Å². The number of rotatable bonds is 9. The lowest BCUT2D eigenvalue weighted by Gasteiger charge is -2.15. The summed E-state index contributed by atoms with van der Waals surface area (Å²) in [5.74, 6) is 3.43. The van der Waals surface area contributed by atoms with Gasteiger partial charge < -0.3 is 18.9 Å². The Balaban J connectivity index is 1.39. The van der Waals surface area contributed by atoms with Crippen LogP contribution in [0.3, 0.4) is 0 Å². The number of likely N-dealkylation sites (tertiary alicyclic amines) is 1. The molecule has 1 unspecified atom stereocenters. The number of ether oxygens (including phenoxy) is 4. The Morgan fingerprint density at radius 3 is 2.11 bits per heavy atom. The Bertz CT molecular complexity index is 1230. The number of nitrogens with zero attached hydrogens (tertiary/aromatic N) is 1. The van der Waals surface area contributed by atoms with Crippen molar-refractivity contribution < 1.29 is 23.2 Å². The predicted molar refractivity (Wildman–Crippen MR) is 137 cm³/mol. The molecule has 6 nitrogen and oxygen atoms in total. The monoisotopic (exact) mass is 491 g/mol. The van der Waals surface area contributed by atoms with E-state index in [-0.39, 0.29) is 0 Å². The zero-order valence-electron chi connectivity index (χ0n) is 20.0. The van der Waals surface area contributed by atoms with E-state index in [9.17, 15) is 4.21 Å². The molecule has 5 rings (SSSR count). The van der Waals surface area contributed by atoms with Gasteiger partial charge in [0.1, 0.15) is 29.6 Å². The molecule has 0 N–H and O–H groups in total. The van der Waals surface area contributed by atoms with Crippen molar-refractivity contribution in [2.75, 3.05) is 40.5 Å². The van der Waals surface area contributed by atoms with E-state index >= 15 is 0 Å². The smallest absolute Gasteiger partial charge is 0.152 e. The van der Waals surface area contributed by atoms with Crippen LogP contribution < -0.4 is 18.9 Å². The molecule has 1 atom stereocenters. The summed E-state index contributed by atoms with van der Waals surface area (Å²) in [5, 5.41) is 0. The molecule has 0 radical (unpaired) electrons. The third-order valence-electron chi connectivity index (χ3n) is 6.30. The first-order chi connectivity index (χ1) is 17.2. The van der Waals surface area contributed by atoms with Crippen LogP contribution in [0.25, 0.3) is 10.7 Å². The molecule has 3 aromatic carbocycles. The minimum atomic E-state index is -1.42. The Labute approximate surface area is 208 Å². The molecule has 1 saturated heterocycles. The highest BCUT2D eigenvalue weighted by molar-refractivity contribution is 7.95. The van der Waals surface area contributed by atoms with E-state index in [1.165, 1.54) is 12.8 Å². The summed E-state index contributed by atoms with van der Waals surface area (Å²) in [6.45, 7) is 3.94. The maximum Gasteiger partial charge on any atom is 0.152 e. The van der Waals surface area contributed by atoms with Crippen molar-refractivity contribution in [3.63, 3.8) is 0 Å². The zero-order valence-corrected chi connectivity index (χ0v) is 20.8. The quantitative estimate of drug-likeness (QED) is 0.410. The van der Waals surface area contributed by atoms with E-state index in [1.807, 2.05) is 66.7 Å². The second kappa shape index (κ2) is 10.5. The molecule has 2 aliphatic rings. The first kappa shape index (κ1) is 23.5. The molecule has 0 aromatic heterocycles. The highest BCUT2D eigenvalue weighted by atomic mass is 32.2. The normalized spacial score (nSPS) is 17.4. The molecule has 0 saturated carbocycles. The molecule has 2 heterocycles. The van der Waals surface area contributed by atoms with Gasteiger partial charge >= 0.3 is 0 Å². The van der Waals surface area contributed by atoms with Crippen LogP contribution in [0.1, 0.15) is 24.0 Å². The van der Waals surface area contributed by atoms with E-state index in [1.54, 1.807) is 14.2 Å². The van der Waals surface area contributed by atoms with Gasteiger partial charge in [-0.15, -0.1) is 0 Å². The van der Waals surface area contributed by atoms with Crippen molar-refractivity contribution in [1.82, 2.24) is 4.90 Å². The van der Waals surface area contributed by atoms with Crippen LogP contribution in [0, 0.1) is 0 Å². The van der Waals surface area contributed by atoms with Gasteiger partial charge in [-0.1, -0.05) is 0 Å². The lowest BCUT2D eigenvalue weighted by atomic mass is 10.1. The topological polar surface area (TPSA) is 57.2 Å². The van der Waals surface area contributed by atoms with Crippen molar-refractivity contribution in [2.24, 2.45) is 0 Å². The number of hydrogen-bond donors (Lipinski definition) is 0. The Morgan fingerprint density at radius 2 is 1.43 bits per heavy atom. The van der Waals surface area contributed by atoms with E-state index < -0.39 is 10.8 Å². The first-order valence-electron chi connectivity index (χ1n) is 11.8. The van der Waals surface area contributed by atoms with Crippen molar-refractivity contribution in [3.05, 3.63) is 77.9 Å². The van der Waals surface area contributed by atoms with Crippen LogP contribution in [0.5, 0.6) is 23.0 Å². The van der Waals surface area contributed by atoms with Crippen molar-refractivity contribution in [2.45, 2.75) is 17.7 Å². The molecule has 0 aliphatic carbocycles. The fourth-order valence-corrected chi connectivity index (χ4v) is 5.86. The standard InChI is InChI=1S/C28H29NO5S/c1-31-21-7-5-20(6-8-21)28-27(25-14-13-24(32-2)19-26(25)35(28)30)34-23-11-9-22(10-12-23)33-18-17-29-15-3-4-16-29/h5-14,19H,3-4,15-18H2,1-2H3. The van der Waals surface area contributed by atoms with Gasteiger partial charge in [-0.2, -0.15) is 0 Å². The van der Waals surface area contributed by atoms with Crippen LogP contribution in [0.15, 0.2) is 71.6 Å². The van der Waals surface area contributed by atoms with Gasteiger partial charge in [-0.05, 0) is 98.2 Å². The number of fused-ring (bicyclic) bond motifs is 1. The average Bonchev–Trinajstić information content (AvgIpc) is 3.51. The Morgan fingerprint density at radius 1 is 0.800 bits per heavy atom. The predicted octanol–water partition coefficient (Wildman–Crippen LogP) is 5.20. The molecular formula is C28H29NO5S. The summed E-state index contributed by atoms with van der Waals surface area (Å²) in [5.41, 5.74) is 1.61. The van der Waals surface area contributed by atoms with Gasteiger partial charge in [0, 0.05) is 12.1 Å². The number of hydrogen-bond acceptors (Lipinski definition) is 6. The first-order valence-corrected chi connectivity index (χ1v) is 12.9. The Hall–Kier alpha value is -3.29. The lowest BCUT2D eigenvalue weighted by molar-refractivity contribution is 0.237. The van der Waals surface area contributed by atoms with E-state index in [0.717, 1.165) is 42.3 Å². The highest BCUT2D eigenvalue weighted by Crippen LogP contribution is 2.44. The molecule has 0 spiro atoms. The van der Waals surface area contributed by atoms with Crippen LogP contribution in [0.4, 0.5) is 0 Å². The van der Waals surface area contributed by atoms with Gasteiger partial charge in [0.05, 0.1) is 34.8 Å². The second-order valence-electron chi connectivity index (χ2n) is 8.49. The molecule has 7 heteroatoms. The van der Waals surface area contributed by atoms with Gasteiger partial charge in [0.15, 0.2) is 5.76 Å². The molecule has 0 amide bonds. The molecule has 35 heavy (non-hydrogen) atoms. The third-order valence-corrected chi connectivity index (χ3v) is 7.82.